The SMILES string of the molecule is Cc1ccc(CCOS(=O)(=O)Cc2ccccc2)cc1. The molecule has 0 fully saturated rings. The molecular formula is C16H18O3S. The molecule has 2 aromatic carbocycles. The Kier molecular flexibility index (Phi) is 4.93. The summed E-state index contributed by atoms with van der Waals surface area (Å²) in [6.45, 7) is 2.20. The first kappa shape index (κ1) is 14.8. The van der Waals surface area contributed by atoms with Gasteiger partial charge in [-0.15, -0.1) is 0 Å². The fourth-order valence-corrected chi connectivity index (χ4v) is 2.88. The molecule has 0 spiro atoms. The van der Waals surface area contributed by atoms with Crippen molar-refractivity contribution in [3.63, 3.8) is 0 Å². The molecule has 4 heteroatoms. The average Bonchev–Trinajstić information content (AvgIpc) is 2.41. The smallest absolute Gasteiger partial charge is 0.270 e. The van der Waals surface area contributed by atoms with E-state index in [1.165, 1.54) is 5.56 Å². The van der Waals surface area contributed by atoms with Crippen LogP contribution in [0.3, 0.4) is 0 Å². The largest absolute Gasteiger partial charge is 0.271 e. The van der Waals surface area contributed by atoms with Crippen molar-refractivity contribution in [2.24, 2.45) is 0 Å². The Morgan fingerprint density at radius 3 is 2.20 bits per heavy atom. The van der Waals surface area contributed by atoms with Crippen LogP contribution >= 0.6 is 0 Å². The van der Waals surface area contributed by atoms with Crippen LogP contribution in [-0.4, -0.2) is 15.0 Å². The van der Waals surface area contributed by atoms with Gasteiger partial charge in [0.1, 0.15) is 5.75 Å². The lowest BCUT2D eigenvalue weighted by Crippen LogP contribution is -2.11. The Morgan fingerprint density at radius 1 is 0.900 bits per heavy atom. The Bertz CT molecular complexity index is 631. The highest BCUT2D eigenvalue weighted by molar-refractivity contribution is 7.85. The Hall–Kier alpha value is -1.65. The first-order valence-electron chi connectivity index (χ1n) is 6.52. The van der Waals surface area contributed by atoms with Gasteiger partial charge in [0.25, 0.3) is 10.1 Å². The number of aryl methyl sites for hydroxylation is 1. The molecule has 0 aliphatic rings. The fraction of sp³-hybridized carbons (Fsp3) is 0.250. The van der Waals surface area contributed by atoms with Crippen molar-refractivity contribution >= 4 is 10.1 Å². The average molecular weight is 290 g/mol. The van der Waals surface area contributed by atoms with Gasteiger partial charge in [0.05, 0.1) is 6.61 Å². The molecule has 0 radical (unpaired) electrons. The lowest BCUT2D eigenvalue weighted by atomic mass is 10.1. The van der Waals surface area contributed by atoms with E-state index in [1.807, 2.05) is 49.4 Å². The quantitative estimate of drug-likeness (QED) is 0.768. The molecule has 0 amide bonds. The van der Waals surface area contributed by atoms with E-state index < -0.39 is 10.1 Å². The summed E-state index contributed by atoms with van der Waals surface area (Å²) < 4.78 is 28.7. The normalized spacial score (nSPS) is 11.4. The third-order valence-corrected chi connectivity index (χ3v) is 4.17. The number of benzene rings is 2. The van der Waals surface area contributed by atoms with Crippen LogP contribution in [0.5, 0.6) is 0 Å². The molecule has 0 bridgehead atoms. The van der Waals surface area contributed by atoms with E-state index in [1.54, 1.807) is 12.1 Å². The lowest BCUT2D eigenvalue weighted by Gasteiger charge is -2.06. The van der Waals surface area contributed by atoms with Crippen molar-refractivity contribution in [3.05, 3.63) is 71.3 Å². The van der Waals surface area contributed by atoms with Gasteiger partial charge >= 0.3 is 0 Å². The number of hydrogen-bond donors (Lipinski definition) is 0. The van der Waals surface area contributed by atoms with Crippen LogP contribution in [0.15, 0.2) is 54.6 Å². The van der Waals surface area contributed by atoms with E-state index in [-0.39, 0.29) is 12.4 Å². The first-order chi connectivity index (χ1) is 9.55. The Morgan fingerprint density at radius 2 is 1.55 bits per heavy atom. The summed E-state index contributed by atoms with van der Waals surface area (Å²) in [5.41, 5.74) is 3.00. The lowest BCUT2D eigenvalue weighted by molar-refractivity contribution is 0.321. The minimum absolute atomic E-state index is 0.0816. The van der Waals surface area contributed by atoms with E-state index in [0.29, 0.717) is 6.42 Å². The zero-order chi connectivity index (χ0) is 14.4. The first-order valence-corrected chi connectivity index (χ1v) is 8.09. The van der Waals surface area contributed by atoms with Crippen molar-refractivity contribution in [2.45, 2.75) is 19.1 Å². The fourth-order valence-electron chi connectivity index (χ4n) is 1.86. The van der Waals surface area contributed by atoms with Gasteiger partial charge in [-0.1, -0.05) is 60.2 Å². The van der Waals surface area contributed by atoms with Crippen molar-refractivity contribution in [3.8, 4) is 0 Å². The van der Waals surface area contributed by atoms with Crippen LogP contribution in [0.1, 0.15) is 16.7 Å². The van der Waals surface area contributed by atoms with Crippen LogP contribution < -0.4 is 0 Å². The predicted molar refractivity (Wildman–Crippen MR) is 79.9 cm³/mol. The summed E-state index contributed by atoms with van der Waals surface area (Å²) >= 11 is 0. The summed E-state index contributed by atoms with van der Waals surface area (Å²) in [7, 11) is -3.51. The van der Waals surface area contributed by atoms with Crippen LogP contribution in [0.2, 0.25) is 0 Å². The van der Waals surface area contributed by atoms with E-state index >= 15 is 0 Å². The molecule has 2 aromatic rings. The van der Waals surface area contributed by atoms with Gasteiger partial charge in [-0.05, 0) is 24.5 Å². The molecule has 0 saturated carbocycles. The van der Waals surface area contributed by atoms with Gasteiger partial charge in [0.2, 0.25) is 0 Å². The zero-order valence-corrected chi connectivity index (χ0v) is 12.3. The van der Waals surface area contributed by atoms with Crippen LogP contribution in [-0.2, 0) is 26.5 Å². The van der Waals surface area contributed by atoms with Crippen molar-refractivity contribution in [1.29, 1.82) is 0 Å². The van der Waals surface area contributed by atoms with Gasteiger partial charge in [0.15, 0.2) is 0 Å². The number of rotatable bonds is 6. The third kappa shape index (κ3) is 4.79. The molecule has 0 atom stereocenters. The summed E-state index contributed by atoms with van der Waals surface area (Å²) in [6.07, 6.45) is 0.592. The molecule has 0 aliphatic carbocycles. The second-order valence-corrected chi connectivity index (χ2v) is 6.38. The van der Waals surface area contributed by atoms with E-state index in [0.717, 1.165) is 11.1 Å². The Labute approximate surface area is 120 Å². The highest BCUT2D eigenvalue weighted by Gasteiger charge is 2.12. The maximum Gasteiger partial charge on any atom is 0.271 e. The molecule has 0 aromatic heterocycles. The second kappa shape index (κ2) is 6.68. The van der Waals surface area contributed by atoms with Crippen LogP contribution in [0.4, 0.5) is 0 Å². The topological polar surface area (TPSA) is 43.4 Å². The highest BCUT2D eigenvalue weighted by atomic mass is 32.2. The van der Waals surface area contributed by atoms with E-state index in [2.05, 4.69) is 0 Å². The molecule has 0 N–H and O–H groups in total. The van der Waals surface area contributed by atoms with Gasteiger partial charge < -0.3 is 0 Å². The van der Waals surface area contributed by atoms with Gasteiger partial charge in [0, 0.05) is 0 Å². The summed E-state index contributed by atoms with van der Waals surface area (Å²) in [4.78, 5) is 0. The standard InChI is InChI=1S/C16H18O3S/c1-14-7-9-15(10-8-14)11-12-19-20(17,18)13-16-5-3-2-4-6-16/h2-10H,11-13H2,1H3. The number of hydrogen-bond acceptors (Lipinski definition) is 3. The molecule has 0 aliphatic heterocycles. The molecule has 0 heterocycles. The monoisotopic (exact) mass is 290 g/mol. The second-order valence-electron chi connectivity index (χ2n) is 4.75. The van der Waals surface area contributed by atoms with Crippen LogP contribution in [0.25, 0.3) is 0 Å². The molecule has 0 unspecified atom stereocenters. The third-order valence-electron chi connectivity index (χ3n) is 2.96. The maximum absolute atomic E-state index is 11.8. The van der Waals surface area contributed by atoms with Gasteiger partial charge in [-0.2, -0.15) is 8.42 Å². The molecule has 0 saturated heterocycles. The van der Waals surface area contributed by atoms with Gasteiger partial charge in [-0.3, -0.25) is 4.18 Å². The van der Waals surface area contributed by atoms with Crippen LogP contribution in [0, 0.1) is 6.92 Å². The Balaban J connectivity index is 1.85. The minimum Gasteiger partial charge on any atom is -0.270 e. The van der Waals surface area contributed by atoms with E-state index in [9.17, 15) is 8.42 Å². The minimum atomic E-state index is -3.51. The van der Waals surface area contributed by atoms with E-state index in [4.69, 9.17) is 4.18 Å². The molecule has 3 nitrogen and oxygen atoms in total. The summed E-state index contributed by atoms with van der Waals surface area (Å²) in [5.74, 6) is -0.0816. The van der Waals surface area contributed by atoms with Crippen molar-refractivity contribution in [1.82, 2.24) is 0 Å². The zero-order valence-electron chi connectivity index (χ0n) is 11.5. The summed E-state index contributed by atoms with van der Waals surface area (Å²) in [5, 5.41) is 0. The van der Waals surface area contributed by atoms with Gasteiger partial charge in [-0.25, -0.2) is 0 Å². The molecule has 20 heavy (non-hydrogen) atoms. The van der Waals surface area contributed by atoms with Crippen molar-refractivity contribution in [2.75, 3.05) is 6.61 Å². The molecule has 2 rings (SSSR count). The van der Waals surface area contributed by atoms with Crippen molar-refractivity contribution < 1.29 is 12.6 Å². The predicted octanol–water partition coefficient (Wildman–Crippen LogP) is 3.08. The molecule has 106 valence electrons. The maximum atomic E-state index is 11.8. The molecular weight excluding hydrogens is 272 g/mol. The summed E-state index contributed by atoms with van der Waals surface area (Å²) in [6, 6.07) is 17.0. The highest BCUT2D eigenvalue weighted by Crippen LogP contribution is 2.09.